The van der Waals surface area contributed by atoms with Gasteiger partial charge in [-0.05, 0) is 18.2 Å². The van der Waals surface area contributed by atoms with Crippen molar-refractivity contribution in [1.82, 2.24) is 0 Å². The summed E-state index contributed by atoms with van der Waals surface area (Å²) in [7, 11) is 1.56. The van der Waals surface area contributed by atoms with Crippen LogP contribution in [0.3, 0.4) is 0 Å². The maximum Gasteiger partial charge on any atom is 0.263 e. The van der Waals surface area contributed by atoms with Crippen molar-refractivity contribution >= 4 is 17.4 Å². The minimum absolute atomic E-state index is 0.0933. The number of phenols is 1. The third-order valence-corrected chi connectivity index (χ3v) is 3.99. The lowest BCUT2D eigenvalue weighted by atomic mass is 9.88. The van der Waals surface area contributed by atoms with Crippen molar-refractivity contribution in [3.63, 3.8) is 0 Å². The average Bonchev–Trinajstić information content (AvgIpc) is 2.70. The Balaban J connectivity index is 2.00. The molecular weight excluding hydrogens is 282 g/mol. The van der Waals surface area contributed by atoms with Gasteiger partial charge in [0.05, 0.1) is 17.7 Å². The van der Waals surface area contributed by atoms with Crippen molar-refractivity contribution in [3.8, 4) is 5.75 Å². The molecule has 2 aromatic carbocycles. The van der Waals surface area contributed by atoms with E-state index in [1.807, 2.05) is 0 Å². The van der Waals surface area contributed by atoms with Crippen molar-refractivity contribution in [1.29, 1.82) is 0 Å². The van der Waals surface area contributed by atoms with Crippen LogP contribution in [0.1, 0.15) is 22.3 Å². The SMILES string of the molecule is CN1C(=O)[C@](O)(CC(=O)c2ccccc2O)c2ccccc21. The Labute approximate surface area is 127 Å². The van der Waals surface area contributed by atoms with Crippen LogP contribution < -0.4 is 4.90 Å². The zero-order valence-corrected chi connectivity index (χ0v) is 12.0. The molecule has 112 valence electrons. The zero-order valence-electron chi connectivity index (χ0n) is 12.0. The second-order valence-electron chi connectivity index (χ2n) is 5.36. The highest BCUT2D eigenvalue weighted by Crippen LogP contribution is 2.42. The zero-order chi connectivity index (χ0) is 15.9. The Morgan fingerprint density at radius 1 is 1.14 bits per heavy atom. The van der Waals surface area contributed by atoms with Crippen LogP contribution in [0, 0.1) is 0 Å². The Kier molecular flexibility index (Phi) is 3.22. The molecular formula is C17H15NO4. The number of Topliss-reactive ketones (excluding diaryl/α,β-unsaturated/α-hetero) is 1. The number of fused-ring (bicyclic) bond motifs is 1. The molecule has 1 heterocycles. The van der Waals surface area contributed by atoms with E-state index in [1.165, 1.54) is 17.0 Å². The normalized spacial score (nSPS) is 20.1. The average molecular weight is 297 g/mol. The van der Waals surface area contributed by atoms with Crippen molar-refractivity contribution in [2.75, 3.05) is 11.9 Å². The van der Waals surface area contributed by atoms with E-state index < -0.39 is 23.7 Å². The van der Waals surface area contributed by atoms with E-state index in [0.717, 1.165) is 0 Å². The molecule has 0 saturated heterocycles. The van der Waals surface area contributed by atoms with Gasteiger partial charge in [-0.25, -0.2) is 0 Å². The maximum atomic E-state index is 12.4. The summed E-state index contributed by atoms with van der Waals surface area (Å²) >= 11 is 0. The van der Waals surface area contributed by atoms with E-state index >= 15 is 0 Å². The number of nitrogens with zero attached hydrogens (tertiary/aromatic N) is 1. The summed E-state index contributed by atoms with van der Waals surface area (Å²) in [5, 5.41) is 20.6. The molecule has 1 aliphatic heterocycles. The van der Waals surface area contributed by atoms with Crippen LogP contribution in [0.5, 0.6) is 5.75 Å². The van der Waals surface area contributed by atoms with E-state index in [1.54, 1.807) is 43.4 Å². The van der Waals surface area contributed by atoms with Crippen LogP contribution in [-0.4, -0.2) is 29.0 Å². The standard InChI is InChI=1S/C17H15NO4/c1-18-13-8-4-3-7-12(13)17(22,16(18)21)10-15(20)11-6-2-5-9-14(11)19/h2-9,19,22H,10H2,1H3/t17-/m0/s1. The molecule has 0 saturated carbocycles. The minimum Gasteiger partial charge on any atom is -0.507 e. The van der Waals surface area contributed by atoms with Gasteiger partial charge in [0.1, 0.15) is 5.75 Å². The largest absolute Gasteiger partial charge is 0.507 e. The van der Waals surface area contributed by atoms with Gasteiger partial charge in [0.2, 0.25) is 0 Å². The minimum atomic E-state index is -1.90. The van der Waals surface area contributed by atoms with Crippen LogP contribution >= 0.6 is 0 Å². The number of benzene rings is 2. The van der Waals surface area contributed by atoms with E-state index in [0.29, 0.717) is 11.3 Å². The fourth-order valence-corrected chi connectivity index (χ4v) is 2.83. The summed E-state index contributed by atoms with van der Waals surface area (Å²) < 4.78 is 0. The third kappa shape index (κ3) is 1.98. The second-order valence-corrected chi connectivity index (χ2v) is 5.36. The molecule has 1 aliphatic rings. The molecule has 2 aromatic rings. The molecule has 2 N–H and O–H groups in total. The van der Waals surface area contributed by atoms with Gasteiger partial charge in [-0.15, -0.1) is 0 Å². The molecule has 5 heteroatoms. The first-order valence-electron chi connectivity index (χ1n) is 6.86. The number of rotatable bonds is 3. The summed E-state index contributed by atoms with van der Waals surface area (Å²) in [5.41, 5.74) is -0.813. The first kappa shape index (κ1) is 14.3. The molecule has 5 nitrogen and oxygen atoms in total. The van der Waals surface area contributed by atoms with Crippen molar-refractivity contribution < 1.29 is 19.8 Å². The predicted molar refractivity (Wildman–Crippen MR) is 80.8 cm³/mol. The Bertz CT molecular complexity index is 771. The first-order chi connectivity index (χ1) is 10.4. The van der Waals surface area contributed by atoms with Crippen molar-refractivity contribution in [2.24, 2.45) is 0 Å². The number of carbonyl (C=O) groups excluding carboxylic acids is 2. The number of anilines is 1. The van der Waals surface area contributed by atoms with Crippen molar-refractivity contribution in [2.45, 2.75) is 12.0 Å². The third-order valence-electron chi connectivity index (χ3n) is 3.99. The van der Waals surface area contributed by atoms with Gasteiger partial charge in [-0.3, -0.25) is 9.59 Å². The lowest BCUT2D eigenvalue weighted by Crippen LogP contribution is -2.40. The number of phenolic OH excluding ortho intramolecular Hbond substituents is 1. The fraction of sp³-hybridized carbons (Fsp3) is 0.176. The van der Waals surface area contributed by atoms with E-state index in [4.69, 9.17) is 0 Å². The fourth-order valence-electron chi connectivity index (χ4n) is 2.83. The Morgan fingerprint density at radius 3 is 2.50 bits per heavy atom. The van der Waals surface area contributed by atoms with Crippen LogP contribution in [-0.2, 0) is 10.4 Å². The number of aromatic hydroxyl groups is 1. The topological polar surface area (TPSA) is 77.8 Å². The monoisotopic (exact) mass is 297 g/mol. The smallest absolute Gasteiger partial charge is 0.263 e. The number of hydrogen-bond donors (Lipinski definition) is 2. The number of ketones is 1. The molecule has 0 aliphatic carbocycles. The second kappa shape index (κ2) is 4.96. The Hall–Kier alpha value is -2.66. The first-order valence-corrected chi connectivity index (χ1v) is 6.86. The van der Waals surface area contributed by atoms with Crippen LogP contribution in [0.4, 0.5) is 5.69 Å². The van der Waals surface area contributed by atoms with Gasteiger partial charge in [-0.1, -0.05) is 30.3 Å². The van der Waals surface area contributed by atoms with Crippen LogP contribution in [0.15, 0.2) is 48.5 Å². The number of carbonyl (C=O) groups is 2. The summed E-state index contributed by atoms with van der Waals surface area (Å²) in [6, 6.07) is 12.9. The molecule has 22 heavy (non-hydrogen) atoms. The lowest BCUT2D eigenvalue weighted by Gasteiger charge is -2.21. The molecule has 0 spiro atoms. The van der Waals surface area contributed by atoms with Gasteiger partial charge >= 0.3 is 0 Å². The maximum absolute atomic E-state index is 12.4. The number of aliphatic hydroxyl groups is 1. The molecule has 0 bridgehead atoms. The highest BCUT2D eigenvalue weighted by molar-refractivity contribution is 6.10. The van der Waals surface area contributed by atoms with Gasteiger partial charge < -0.3 is 15.1 Å². The van der Waals surface area contributed by atoms with Crippen LogP contribution in [0.2, 0.25) is 0 Å². The van der Waals surface area contributed by atoms with E-state index in [2.05, 4.69) is 0 Å². The highest BCUT2D eigenvalue weighted by Gasteiger charge is 2.49. The molecule has 3 rings (SSSR count). The highest BCUT2D eigenvalue weighted by atomic mass is 16.3. The van der Waals surface area contributed by atoms with E-state index in [-0.39, 0.29) is 11.3 Å². The molecule has 1 atom stereocenters. The molecule has 0 aromatic heterocycles. The van der Waals surface area contributed by atoms with E-state index in [9.17, 15) is 19.8 Å². The predicted octanol–water partition coefficient (Wildman–Crippen LogP) is 1.83. The molecule has 0 unspecified atom stereocenters. The van der Waals surface area contributed by atoms with Gasteiger partial charge in [0.15, 0.2) is 11.4 Å². The number of hydrogen-bond acceptors (Lipinski definition) is 4. The number of likely N-dealkylation sites (N-methyl/N-ethyl adjacent to an activating group) is 1. The summed E-state index contributed by atoms with van der Waals surface area (Å²) in [6.07, 6.45) is -0.412. The quantitative estimate of drug-likeness (QED) is 0.847. The summed E-state index contributed by atoms with van der Waals surface area (Å²) in [6.45, 7) is 0. The summed E-state index contributed by atoms with van der Waals surface area (Å²) in [4.78, 5) is 26.1. The lowest BCUT2D eigenvalue weighted by molar-refractivity contribution is -0.135. The van der Waals surface area contributed by atoms with Crippen molar-refractivity contribution in [3.05, 3.63) is 59.7 Å². The Morgan fingerprint density at radius 2 is 1.77 bits per heavy atom. The van der Waals surface area contributed by atoms with Gasteiger partial charge in [-0.2, -0.15) is 0 Å². The van der Waals surface area contributed by atoms with Crippen LogP contribution in [0.25, 0.3) is 0 Å². The molecule has 0 fully saturated rings. The van der Waals surface area contributed by atoms with Gasteiger partial charge in [0, 0.05) is 12.6 Å². The molecule has 0 radical (unpaired) electrons. The number of amides is 1. The number of para-hydroxylation sites is 2. The molecule has 1 amide bonds. The summed E-state index contributed by atoms with van der Waals surface area (Å²) in [5.74, 6) is -1.19. The van der Waals surface area contributed by atoms with Gasteiger partial charge in [0.25, 0.3) is 5.91 Å².